The van der Waals surface area contributed by atoms with E-state index in [0.29, 0.717) is 12.5 Å². The Kier molecular flexibility index (Phi) is 3.28. The van der Waals surface area contributed by atoms with E-state index in [9.17, 15) is 4.79 Å². The van der Waals surface area contributed by atoms with E-state index in [-0.39, 0.29) is 5.91 Å². The summed E-state index contributed by atoms with van der Waals surface area (Å²) >= 11 is 0. The van der Waals surface area contributed by atoms with Gasteiger partial charge in [-0.15, -0.1) is 0 Å². The quantitative estimate of drug-likeness (QED) is 0.820. The molecule has 102 valence electrons. The third-order valence-corrected chi connectivity index (χ3v) is 3.71. The van der Waals surface area contributed by atoms with Crippen LogP contribution in [0.1, 0.15) is 30.9 Å². The Bertz CT molecular complexity index is 701. The maximum absolute atomic E-state index is 11.6. The maximum atomic E-state index is 11.6. The summed E-state index contributed by atoms with van der Waals surface area (Å²) in [7, 11) is 0. The average molecular weight is 266 g/mol. The summed E-state index contributed by atoms with van der Waals surface area (Å²) in [5.41, 5.74) is 8.65. The van der Waals surface area contributed by atoms with Crippen LogP contribution in [0.25, 0.3) is 16.8 Å². The van der Waals surface area contributed by atoms with Crippen molar-refractivity contribution in [3.8, 4) is 0 Å². The Morgan fingerprint density at radius 3 is 2.75 bits per heavy atom. The largest absolute Gasteiger partial charge is 0.287 e. The van der Waals surface area contributed by atoms with Crippen molar-refractivity contribution in [3.63, 3.8) is 0 Å². The lowest BCUT2D eigenvalue weighted by Crippen LogP contribution is -2.25. The second-order valence-electron chi connectivity index (χ2n) is 5.46. The number of nitrogens with one attached hydrogen (secondary N) is 2. The Morgan fingerprint density at radius 1 is 1.20 bits per heavy atom. The first-order valence-electron chi connectivity index (χ1n) is 6.91. The molecule has 0 aromatic heterocycles. The molecule has 2 N–H and O–H groups in total. The lowest BCUT2D eigenvalue weighted by molar-refractivity contribution is -0.116. The number of carbonyl (C=O) groups is 1. The first-order chi connectivity index (χ1) is 9.65. The van der Waals surface area contributed by atoms with Crippen LogP contribution in [0.4, 0.5) is 0 Å². The first-order valence-corrected chi connectivity index (χ1v) is 6.91. The molecule has 1 saturated heterocycles. The number of hydrogen-bond donors (Lipinski definition) is 2. The third-order valence-electron chi connectivity index (χ3n) is 3.71. The van der Waals surface area contributed by atoms with Crippen molar-refractivity contribution < 1.29 is 4.79 Å². The molecule has 0 aliphatic carbocycles. The van der Waals surface area contributed by atoms with Crippen molar-refractivity contribution in [2.24, 2.45) is 0 Å². The predicted molar refractivity (Wildman–Crippen MR) is 82.2 cm³/mol. The molecular weight excluding hydrogens is 248 g/mol. The van der Waals surface area contributed by atoms with E-state index >= 15 is 0 Å². The number of rotatable bonds is 2. The van der Waals surface area contributed by atoms with E-state index in [0.717, 1.165) is 11.1 Å². The van der Waals surface area contributed by atoms with Gasteiger partial charge >= 0.3 is 0 Å². The number of fused-ring (bicyclic) bond motifs is 1. The van der Waals surface area contributed by atoms with E-state index in [1.54, 1.807) is 0 Å². The van der Waals surface area contributed by atoms with E-state index < -0.39 is 0 Å². The van der Waals surface area contributed by atoms with Gasteiger partial charge in [0.2, 0.25) is 0 Å². The zero-order valence-corrected chi connectivity index (χ0v) is 11.7. The normalized spacial score (nSPS) is 17.1. The van der Waals surface area contributed by atoms with Crippen molar-refractivity contribution in [1.29, 1.82) is 0 Å². The van der Waals surface area contributed by atoms with Crippen molar-refractivity contribution >= 4 is 22.8 Å². The number of benzene rings is 2. The van der Waals surface area contributed by atoms with Crippen LogP contribution in [0, 0.1) is 0 Å². The van der Waals surface area contributed by atoms with Gasteiger partial charge in [0.15, 0.2) is 0 Å². The standard InChI is InChI=1S/C17H18N2O/c1-11(2)13-7-6-12-4-3-5-14(16(12)9-13)8-15-10-18-19-17(15)20/h3-9,11,18H,10H2,1-2H3,(H,19,20)/b15-8+. The Balaban J connectivity index is 2.14. The minimum atomic E-state index is -0.0398. The highest BCUT2D eigenvalue weighted by Crippen LogP contribution is 2.26. The fraction of sp³-hybridized carbons (Fsp3) is 0.235. The Morgan fingerprint density at radius 2 is 2.05 bits per heavy atom. The van der Waals surface area contributed by atoms with Crippen LogP contribution in [0.2, 0.25) is 0 Å². The molecule has 0 spiro atoms. The van der Waals surface area contributed by atoms with Crippen LogP contribution in [-0.2, 0) is 4.79 Å². The van der Waals surface area contributed by atoms with Crippen LogP contribution >= 0.6 is 0 Å². The average Bonchev–Trinajstić information content (AvgIpc) is 2.84. The monoisotopic (exact) mass is 266 g/mol. The van der Waals surface area contributed by atoms with E-state index in [2.05, 4.69) is 55.0 Å². The van der Waals surface area contributed by atoms with Gasteiger partial charge in [-0.3, -0.25) is 10.2 Å². The summed E-state index contributed by atoms with van der Waals surface area (Å²) in [5, 5.41) is 2.40. The first kappa shape index (κ1) is 12.9. The van der Waals surface area contributed by atoms with Gasteiger partial charge in [-0.1, -0.05) is 50.2 Å². The smallest absolute Gasteiger partial charge is 0.262 e. The van der Waals surface area contributed by atoms with Gasteiger partial charge in [-0.2, -0.15) is 0 Å². The van der Waals surface area contributed by atoms with Gasteiger partial charge in [0.1, 0.15) is 0 Å². The van der Waals surface area contributed by atoms with Crippen molar-refractivity contribution in [1.82, 2.24) is 10.9 Å². The molecule has 3 rings (SSSR count). The number of hydrogen-bond acceptors (Lipinski definition) is 2. The fourth-order valence-electron chi connectivity index (χ4n) is 2.48. The van der Waals surface area contributed by atoms with Gasteiger partial charge in [-0.05, 0) is 33.9 Å². The van der Waals surface area contributed by atoms with Crippen LogP contribution in [-0.4, -0.2) is 12.5 Å². The Hall–Kier alpha value is -2.13. The van der Waals surface area contributed by atoms with Crippen LogP contribution < -0.4 is 10.9 Å². The molecule has 2 aromatic rings. The highest BCUT2D eigenvalue weighted by molar-refractivity contribution is 6.02. The molecule has 0 radical (unpaired) electrons. The van der Waals surface area contributed by atoms with Gasteiger partial charge in [-0.25, -0.2) is 5.43 Å². The molecule has 3 heteroatoms. The molecule has 0 atom stereocenters. The topological polar surface area (TPSA) is 41.1 Å². The predicted octanol–water partition coefficient (Wildman–Crippen LogP) is 2.98. The van der Waals surface area contributed by atoms with E-state index in [4.69, 9.17) is 0 Å². The number of hydrazine groups is 1. The second kappa shape index (κ2) is 5.10. The summed E-state index contributed by atoms with van der Waals surface area (Å²) in [6.45, 7) is 4.95. The fourth-order valence-corrected chi connectivity index (χ4v) is 2.48. The summed E-state index contributed by atoms with van der Waals surface area (Å²) in [5.74, 6) is 0.457. The number of carbonyl (C=O) groups excluding carboxylic acids is 1. The van der Waals surface area contributed by atoms with E-state index in [1.165, 1.54) is 16.3 Å². The molecule has 0 saturated carbocycles. The van der Waals surface area contributed by atoms with Gasteiger partial charge in [0.25, 0.3) is 5.91 Å². The molecule has 3 nitrogen and oxygen atoms in total. The minimum Gasteiger partial charge on any atom is -0.287 e. The molecule has 0 bridgehead atoms. The lowest BCUT2D eigenvalue weighted by atomic mass is 9.96. The minimum absolute atomic E-state index is 0.0398. The van der Waals surface area contributed by atoms with Gasteiger partial charge < -0.3 is 0 Å². The Labute approximate surface area is 118 Å². The summed E-state index contributed by atoms with van der Waals surface area (Å²) in [6.07, 6.45) is 1.97. The molecule has 0 unspecified atom stereocenters. The van der Waals surface area contributed by atoms with E-state index in [1.807, 2.05) is 12.1 Å². The van der Waals surface area contributed by atoms with Crippen molar-refractivity contribution in [2.45, 2.75) is 19.8 Å². The lowest BCUT2D eigenvalue weighted by Gasteiger charge is -2.09. The molecule has 1 aliphatic heterocycles. The molecule has 1 heterocycles. The third kappa shape index (κ3) is 2.32. The molecule has 1 amide bonds. The molecule has 1 fully saturated rings. The van der Waals surface area contributed by atoms with Gasteiger partial charge in [0, 0.05) is 12.1 Å². The summed E-state index contributed by atoms with van der Waals surface area (Å²) in [6, 6.07) is 12.8. The van der Waals surface area contributed by atoms with Crippen LogP contribution in [0.15, 0.2) is 42.0 Å². The summed E-state index contributed by atoms with van der Waals surface area (Å²) < 4.78 is 0. The SMILES string of the molecule is CC(C)c1ccc2cccc(/C=C3\CNNC3=O)c2c1. The zero-order chi connectivity index (χ0) is 14.1. The zero-order valence-electron chi connectivity index (χ0n) is 11.7. The second-order valence-corrected chi connectivity index (χ2v) is 5.46. The van der Waals surface area contributed by atoms with Crippen molar-refractivity contribution in [2.75, 3.05) is 6.54 Å². The van der Waals surface area contributed by atoms with Gasteiger partial charge in [0.05, 0.1) is 0 Å². The molecule has 1 aliphatic rings. The maximum Gasteiger partial charge on any atom is 0.262 e. The highest BCUT2D eigenvalue weighted by atomic mass is 16.2. The van der Waals surface area contributed by atoms with Crippen LogP contribution in [0.3, 0.4) is 0 Å². The highest BCUT2D eigenvalue weighted by Gasteiger charge is 2.15. The van der Waals surface area contributed by atoms with Crippen LogP contribution in [0.5, 0.6) is 0 Å². The van der Waals surface area contributed by atoms with Crippen molar-refractivity contribution in [3.05, 3.63) is 53.1 Å². The molecular formula is C17H18N2O. The number of amides is 1. The molecule has 2 aromatic carbocycles. The molecule has 20 heavy (non-hydrogen) atoms. The summed E-state index contributed by atoms with van der Waals surface area (Å²) in [4.78, 5) is 11.6.